The Morgan fingerprint density at radius 3 is 2.22 bits per heavy atom. The minimum atomic E-state index is 0. The molecule has 0 saturated heterocycles. The summed E-state index contributed by atoms with van der Waals surface area (Å²) in [6.45, 7) is 1.99. The Kier molecular flexibility index (Phi) is 4.13. The van der Waals surface area contributed by atoms with Crippen LogP contribution in [0.25, 0.3) is 27.7 Å². The van der Waals surface area contributed by atoms with Crippen molar-refractivity contribution in [1.29, 1.82) is 0 Å². The first kappa shape index (κ1) is 15.3. The zero-order valence-corrected chi connectivity index (χ0v) is 13.5. The molecular weight excluding hydrogens is 306 g/mol. The van der Waals surface area contributed by atoms with Gasteiger partial charge >= 0.3 is 0 Å². The van der Waals surface area contributed by atoms with E-state index in [0.29, 0.717) is 0 Å². The third kappa shape index (κ3) is 2.60. The maximum Gasteiger partial charge on any atom is 0.145 e. The third-order valence-electron chi connectivity index (χ3n) is 3.91. The summed E-state index contributed by atoms with van der Waals surface area (Å²) in [5.74, 6) is 1.86. The van der Waals surface area contributed by atoms with Crippen LogP contribution in [0.3, 0.4) is 0 Å². The Labute approximate surface area is 141 Å². The predicted molar refractivity (Wildman–Crippen MR) is 96.3 cm³/mol. The normalized spacial score (nSPS) is 10.5. The van der Waals surface area contributed by atoms with Crippen LogP contribution in [-0.4, -0.2) is 14.5 Å². The van der Waals surface area contributed by atoms with Crippen LogP contribution in [0.4, 0.5) is 0 Å². The monoisotopic (exact) mass is 321 g/mol. The average molecular weight is 322 g/mol. The van der Waals surface area contributed by atoms with Crippen molar-refractivity contribution in [2.45, 2.75) is 6.92 Å². The Morgan fingerprint density at radius 2 is 1.52 bits per heavy atom. The van der Waals surface area contributed by atoms with Gasteiger partial charge in [-0.25, -0.2) is 9.97 Å². The zero-order chi connectivity index (χ0) is 14.9. The summed E-state index contributed by atoms with van der Waals surface area (Å²) in [6.07, 6.45) is 5.70. The molecule has 0 aliphatic rings. The number of aromatic nitrogens is 3. The molecule has 0 unspecified atom stereocenters. The molecule has 4 rings (SSSR count). The standard InChI is InChI=1S/C19H15N3.ClH/c1-14-20-11-12-22(14)19-17-10-6-5-9-16(17)18(13-21-19)15-7-3-2-4-8-15;/h2-13H,1H3;1H. The first-order valence-corrected chi connectivity index (χ1v) is 7.28. The molecule has 0 bridgehead atoms. The molecular formula is C19H16ClN3. The van der Waals surface area contributed by atoms with Gasteiger partial charge in [0.25, 0.3) is 0 Å². The molecule has 2 heterocycles. The highest BCUT2D eigenvalue weighted by molar-refractivity contribution is 5.99. The summed E-state index contributed by atoms with van der Waals surface area (Å²) in [7, 11) is 0. The van der Waals surface area contributed by atoms with Crippen LogP contribution in [0.15, 0.2) is 73.2 Å². The van der Waals surface area contributed by atoms with Gasteiger partial charge in [0, 0.05) is 29.5 Å². The van der Waals surface area contributed by atoms with Gasteiger partial charge in [-0.2, -0.15) is 0 Å². The van der Waals surface area contributed by atoms with Crippen molar-refractivity contribution in [3.8, 4) is 16.9 Å². The van der Waals surface area contributed by atoms with Gasteiger partial charge in [0.05, 0.1) is 0 Å². The van der Waals surface area contributed by atoms with E-state index in [9.17, 15) is 0 Å². The number of aryl methyl sites for hydroxylation is 1. The summed E-state index contributed by atoms with van der Waals surface area (Å²) in [6, 6.07) is 18.8. The lowest BCUT2D eigenvalue weighted by Crippen LogP contribution is -2.00. The molecule has 114 valence electrons. The van der Waals surface area contributed by atoms with E-state index in [4.69, 9.17) is 4.98 Å². The number of halogens is 1. The number of rotatable bonds is 2. The molecule has 0 spiro atoms. The quantitative estimate of drug-likeness (QED) is 0.530. The molecule has 0 aliphatic carbocycles. The van der Waals surface area contributed by atoms with Crippen molar-refractivity contribution in [1.82, 2.24) is 14.5 Å². The molecule has 3 nitrogen and oxygen atoms in total. The second kappa shape index (κ2) is 6.23. The van der Waals surface area contributed by atoms with Gasteiger partial charge in [-0.05, 0) is 17.9 Å². The Morgan fingerprint density at radius 1 is 0.826 bits per heavy atom. The number of nitrogens with zero attached hydrogens (tertiary/aromatic N) is 3. The number of hydrogen-bond donors (Lipinski definition) is 0. The number of hydrogen-bond acceptors (Lipinski definition) is 2. The maximum absolute atomic E-state index is 4.71. The third-order valence-corrected chi connectivity index (χ3v) is 3.91. The fourth-order valence-electron chi connectivity index (χ4n) is 2.82. The minimum Gasteiger partial charge on any atom is -0.288 e. The van der Waals surface area contributed by atoms with E-state index in [2.05, 4.69) is 53.5 Å². The molecule has 4 aromatic rings. The highest BCUT2D eigenvalue weighted by Crippen LogP contribution is 2.30. The molecule has 0 saturated carbocycles. The average Bonchev–Trinajstić information content (AvgIpc) is 3.00. The van der Waals surface area contributed by atoms with Crippen LogP contribution >= 0.6 is 12.4 Å². The smallest absolute Gasteiger partial charge is 0.145 e. The molecule has 4 heteroatoms. The molecule has 0 aliphatic heterocycles. The number of pyridine rings is 1. The van der Waals surface area contributed by atoms with Crippen LogP contribution in [0.2, 0.25) is 0 Å². The molecule has 0 atom stereocenters. The van der Waals surface area contributed by atoms with Crippen LogP contribution in [0.5, 0.6) is 0 Å². The lowest BCUT2D eigenvalue weighted by atomic mass is 10.0. The van der Waals surface area contributed by atoms with Crippen molar-refractivity contribution >= 4 is 23.2 Å². The Bertz CT molecular complexity index is 945. The van der Waals surface area contributed by atoms with Gasteiger partial charge in [-0.15, -0.1) is 12.4 Å². The first-order valence-electron chi connectivity index (χ1n) is 7.28. The summed E-state index contributed by atoms with van der Waals surface area (Å²) < 4.78 is 2.02. The van der Waals surface area contributed by atoms with E-state index in [-0.39, 0.29) is 12.4 Å². The number of imidazole rings is 1. The fourth-order valence-corrected chi connectivity index (χ4v) is 2.82. The second-order valence-corrected chi connectivity index (χ2v) is 5.25. The maximum atomic E-state index is 4.71. The van der Waals surface area contributed by atoms with Gasteiger partial charge in [0.15, 0.2) is 0 Å². The Hall–Kier alpha value is -2.65. The van der Waals surface area contributed by atoms with Crippen LogP contribution in [-0.2, 0) is 0 Å². The fraction of sp³-hybridized carbons (Fsp3) is 0.0526. The van der Waals surface area contributed by atoms with Gasteiger partial charge in [0.1, 0.15) is 11.6 Å². The SMILES string of the molecule is Cc1nccn1-c1ncc(-c2ccccc2)c2ccccc12.Cl. The van der Waals surface area contributed by atoms with Crippen molar-refractivity contribution in [3.05, 3.63) is 79.0 Å². The molecule has 0 radical (unpaired) electrons. The van der Waals surface area contributed by atoms with Gasteiger partial charge in [-0.1, -0.05) is 54.6 Å². The van der Waals surface area contributed by atoms with E-state index >= 15 is 0 Å². The number of fused-ring (bicyclic) bond motifs is 1. The predicted octanol–water partition coefficient (Wildman–Crippen LogP) is 4.82. The highest BCUT2D eigenvalue weighted by atomic mass is 35.5. The van der Waals surface area contributed by atoms with Gasteiger partial charge < -0.3 is 0 Å². The lowest BCUT2D eigenvalue weighted by molar-refractivity contribution is 0.944. The summed E-state index contributed by atoms with van der Waals surface area (Å²) >= 11 is 0. The molecule has 2 aromatic heterocycles. The van der Waals surface area contributed by atoms with Gasteiger partial charge in [-0.3, -0.25) is 4.57 Å². The Balaban J connectivity index is 0.00000156. The van der Waals surface area contributed by atoms with Crippen molar-refractivity contribution in [2.24, 2.45) is 0 Å². The zero-order valence-electron chi connectivity index (χ0n) is 12.7. The van der Waals surface area contributed by atoms with Crippen molar-refractivity contribution in [3.63, 3.8) is 0 Å². The van der Waals surface area contributed by atoms with E-state index in [1.807, 2.05) is 30.0 Å². The molecule has 23 heavy (non-hydrogen) atoms. The van der Waals surface area contributed by atoms with E-state index in [0.717, 1.165) is 22.6 Å². The number of benzene rings is 2. The second-order valence-electron chi connectivity index (χ2n) is 5.25. The van der Waals surface area contributed by atoms with E-state index < -0.39 is 0 Å². The highest BCUT2D eigenvalue weighted by Gasteiger charge is 2.11. The van der Waals surface area contributed by atoms with E-state index in [1.165, 1.54) is 10.9 Å². The first-order chi connectivity index (χ1) is 10.8. The van der Waals surface area contributed by atoms with Crippen LogP contribution in [0, 0.1) is 6.92 Å². The summed E-state index contributed by atoms with van der Waals surface area (Å²) in [5, 5.41) is 2.33. The van der Waals surface area contributed by atoms with Crippen molar-refractivity contribution < 1.29 is 0 Å². The van der Waals surface area contributed by atoms with Crippen LogP contribution in [0.1, 0.15) is 5.82 Å². The summed E-state index contributed by atoms with van der Waals surface area (Å²) in [5.41, 5.74) is 2.33. The van der Waals surface area contributed by atoms with Gasteiger partial charge in [0.2, 0.25) is 0 Å². The molecule has 0 amide bonds. The van der Waals surface area contributed by atoms with E-state index in [1.54, 1.807) is 6.20 Å². The lowest BCUT2D eigenvalue weighted by Gasteiger charge is -2.12. The molecule has 2 aromatic carbocycles. The molecule has 0 fully saturated rings. The van der Waals surface area contributed by atoms with Crippen LogP contribution < -0.4 is 0 Å². The largest absolute Gasteiger partial charge is 0.288 e. The molecule has 0 N–H and O–H groups in total. The topological polar surface area (TPSA) is 30.7 Å². The summed E-state index contributed by atoms with van der Waals surface area (Å²) in [4.78, 5) is 9.01. The minimum absolute atomic E-state index is 0. The van der Waals surface area contributed by atoms with Crippen molar-refractivity contribution in [2.75, 3.05) is 0 Å².